The van der Waals surface area contributed by atoms with E-state index in [1.807, 2.05) is 0 Å². The van der Waals surface area contributed by atoms with E-state index < -0.39 is 0 Å². The molecular formula is C9H9NO2. The van der Waals surface area contributed by atoms with E-state index in [4.69, 9.17) is 5.11 Å². The highest BCUT2D eigenvalue weighted by Gasteiger charge is 2.23. The maximum atomic E-state index is 11.2. The van der Waals surface area contributed by atoms with Crippen molar-refractivity contribution >= 4 is 11.6 Å². The quantitative estimate of drug-likeness (QED) is 0.617. The number of hydrogen-bond donors (Lipinski definition) is 1. The van der Waals surface area contributed by atoms with E-state index in [1.54, 1.807) is 30.1 Å². The van der Waals surface area contributed by atoms with Crippen LogP contribution in [0.1, 0.15) is 5.56 Å². The van der Waals surface area contributed by atoms with Crippen LogP contribution in [0.2, 0.25) is 0 Å². The zero-order valence-electron chi connectivity index (χ0n) is 6.74. The number of nitrogens with zero attached hydrogens (tertiary/aromatic N) is 1. The number of likely N-dealkylation sites (N-methyl/N-ethyl adjacent to an activating group) is 1. The van der Waals surface area contributed by atoms with Gasteiger partial charge in [0.1, 0.15) is 5.75 Å². The molecular weight excluding hydrogens is 154 g/mol. The Kier molecular flexibility index (Phi) is 1.33. The lowest BCUT2D eigenvalue weighted by molar-refractivity contribution is -0.117. The second-order valence-electron chi connectivity index (χ2n) is 2.94. The number of phenolic OH excluding ortho intramolecular Hbond substituents is 1. The summed E-state index contributed by atoms with van der Waals surface area (Å²) in [7, 11) is 1.72. The molecule has 0 fully saturated rings. The van der Waals surface area contributed by atoms with Crippen LogP contribution in [0.4, 0.5) is 5.69 Å². The molecule has 1 N–H and O–H groups in total. The van der Waals surface area contributed by atoms with Gasteiger partial charge in [-0.1, -0.05) is 6.07 Å². The van der Waals surface area contributed by atoms with Gasteiger partial charge in [-0.05, 0) is 11.6 Å². The molecule has 0 bridgehead atoms. The van der Waals surface area contributed by atoms with E-state index in [0.717, 1.165) is 11.3 Å². The topological polar surface area (TPSA) is 40.5 Å². The van der Waals surface area contributed by atoms with Gasteiger partial charge >= 0.3 is 0 Å². The highest BCUT2D eigenvalue weighted by molar-refractivity contribution is 6.01. The third-order valence-corrected chi connectivity index (χ3v) is 2.15. The predicted octanol–water partition coefficient (Wildman–Crippen LogP) is 0.911. The normalized spacial score (nSPS) is 15.1. The number of hydrogen-bond acceptors (Lipinski definition) is 2. The summed E-state index contributed by atoms with van der Waals surface area (Å²) in [5.41, 5.74) is 1.81. The fraction of sp³-hybridized carbons (Fsp3) is 0.222. The number of fused-ring (bicyclic) bond motifs is 1. The molecule has 0 spiro atoms. The average Bonchev–Trinajstić information content (AvgIpc) is 2.31. The maximum Gasteiger partial charge on any atom is 0.231 e. The van der Waals surface area contributed by atoms with E-state index in [0.29, 0.717) is 6.42 Å². The first-order chi connectivity index (χ1) is 5.68. The minimum Gasteiger partial charge on any atom is -0.508 e. The van der Waals surface area contributed by atoms with Gasteiger partial charge in [-0.2, -0.15) is 0 Å². The zero-order chi connectivity index (χ0) is 8.72. The van der Waals surface area contributed by atoms with Gasteiger partial charge in [-0.15, -0.1) is 0 Å². The van der Waals surface area contributed by atoms with Crippen molar-refractivity contribution in [2.75, 3.05) is 11.9 Å². The Bertz CT molecular complexity index is 346. The third-order valence-electron chi connectivity index (χ3n) is 2.15. The first kappa shape index (κ1) is 7.16. The highest BCUT2D eigenvalue weighted by atomic mass is 16.3. The number of phenols is 1. The summed E-state index contributed by atoms with van der Waals surface area (Å²) in [4.78, 5) is 12.8. The van der Waals surface area contributed by atoms with Crippen LogP contribution in [-0.2, 0) is 11.2 Å². The van der Waals surface area contributed by atoms with E-state index >= 15 is 0 Å². The molecule has 1 aromatic carbocycles. The van der Waals surface area contributed by atoms with Crippen molar-refractivity contribution < 1.29 is 9.90 Å². The molecule has 1 aliphatic heterocycles. The van der Waals surface area contributed by atoms with Gasteiger partial charge in [-0.3, -0.25) is 4.79 Å². The molecule has 0 aliphatic carbocycles. The van der Waals surface area contributed by atoms with Gasteiger partial charge in [0, 0.05) is 13.1 Å². The standard InChI is InChI=1S/C9H9NO2/c1-10-8-5-7(11)3-2-6(8)4-9(10)12/h2-3,5,11H,4H2,1H3. The lowest BCUT2D eigenvalue weighted by atomic mass is 10.1. The molecule has 1 aromatic rings. The Hall–Kier alpha value is -1.51. The number of anilines is 1. The number of carbonyl (C=O) groups is 1. The molecule has 0 saturated heterocycles. The molecule has 0 atom stereocenters. The fourth-order valence-corrected chi connectivity index (χ4v) is 1.43. The minimum absolute atomic E-state index is 0.0793. The summed E-state index contributed by atoms with van der Waals surface area (Å²) < 4.78 is 0. The molecule has 3 heteroatoms. The molecule has 12 heavy (non-hydrogen) atoms. The van der Waals surface area contributed by atoms with E-state index in [-0.39, 0.29) is 11.7 Å². The third kappa shape index (κ3) is 0.863. The Morgan fingerprint density at radius 1 is 1.50 bits per heavy atom. The lowest BCUT2D eigenvalue weighted by Crippen LogP contribution is -2.20. The summed E-state index contributed by atoms with van der Waals surface area (Å²) >= 11 is 0. The molecule has 62 valence electrons. The second kappa shape index (κ2) is 2.24. The summed E-state index contributed by atoms with van der Waals surface area (Å²) in [5.74, 6) is 0.283. The SMILES string of the molecule is CN1C(=O)Cc2ccc(O)cc21. The summed E-state index contributed by atoms with van der Waals surface area (Å²) in [5, 5.41) is 9.16. The second-order valence-corrected chi connectivity index (χ2v) is 2.94. The molecule has 1 aliphatic rings. The summed E-state index contributed by atoms with van der Waals surface area (Å²) in [6, 6.07) is 5.00. The zero-order valence-corrected chi connectivity index (χ0v) is 6.74. The van der Waals surface area contributed by atoms with Gasteiger partial charge in [0.2, 0.25) is 5.91 Å². The highest BCUT2D eigenvalue weighted by Crippen LogP contribution is 2.30. The molecule has 0 radical (unpaired) electrons. The smallest absolute Gasteiger partial charge is 0.231 e. The molecule has 2 rings (SSSR count). The van der Waals surface area contributed by atoms with Crippen molar-refractivity contribution in [1.82, 2.24) is 0 Å². The van der Waals surface area contributed by atoms with Crippen molar-refractivity contribution in [3.63, 3.8) is 0 Å². The van der Waals surface area contributed by atoms with Gasteiger partial charge < -0.3 is 10.0 Å². The Balaban J connectivity index is 2.55. The summed E-state index contributed by atoms with van der Waals surface area (Å²) in [6.07, 6.45) is 0.451. The van der Waals surface area contributed by atoms with Gasteiger partial charge in [0.05, 0.1) is 12.1 Å². The molecule has 0 unspecified atom stereocenters. The van der Waals surface area contributed by atoms with Crippen LogP contribution < -0.4 is 4.90 Å². The lowest BCUT2D eigenvalue weighted by Gasteiger charge is -2.09. The van der Waals surface area contributed by atoms with Gasteiger partial charge in [-0.25, -0.2) is 0 Å². The van der Waals surface area contributed by atoms with Crippen molar-refractivity contribution in [3.05, 3.63) is 23.8 Å². The average molecular weight is 163 g/mol. The predicted molar refractivity (Wildman–Crippen MR) is 45.2 cm³/mol. The van der Waals surface area contributed by atoms with Crippen LogP contribution in [0.5, 0.6) is 5.75 Å². The van der Waals surface area contributed by atoms with E-state index in [2.05, 4.69) is 0 Å². The van der Waals surface area contributed by atoms with Crippen molar-refractivity contribution in [1.29, 1.82) is 0 Å². The fourth-order valence-electron chi connectivity index (χ4n) is 1.43. The molecule has 0 aromatic heterocycles. The van der Waals surface area contributed by atoms with Crippen LogP contribution in [0, 0.1) is 0 Å². The molecule has 0 saturated carbocycles. The number of benzene rings is 1. The van der Waals surface area contributed by atoms with Crippen molar-refractivity contribution in [3.8, 4) is 5.75 Å². The van der Waals surface area contributed by atoms with Crippen LogP contribution in [0.3, 0.4) is 0 Å². The number of carbonyl (C=O) groups excluding carboxylic acids is 1. The van der Waals surface area contributed by atoms with Crippen LogP contribution in [-0.4, -0.2) is 18.1 Å². The maximum absolute atomic E-state index is 11.2. The first-order valence-electron chi connectivity index (χ1n) is 3.77. The van der Waals surface area contributed by atoms with E-state index in [1.165, 1.54) is 0 Å². The number of aromatic hydroxyl groups is 1. The van der Waals surface area contributed by atoms with Crippen molar-refractivity contribution in [2.24, 2.45) is 0 Å². The Morgan fingerprint density at radius 2 is 2.25 bits per heavy atom. The van der Waals surface area contributed by atoms with E-state index in [9.17, 15) is 4.79 Å². The molecule has 3 nitrogen and oxygen atoms in total. The molecule has 1 amide bonds. The monoisotopic (exact) mass is 163 g/mol. The van der Waals surface area contributed by atoms with Crippen LogP contribution >= 0.6 is 0 Å². The van der Waals surface area contributed by atoms with Gasteiger partial charge in [0.25, 0.3) is 0 Å². The van der Waals surface area contributed by atoms with Gasteiger partial charge in [0.15, 0.2) is 0 Å². The Labute approximate surface area is 70.2 Å². The van der Waals surface area contributed by atoms with Crippen molar-refractivity contribution in [2.45, 2.75) is 6.42 Å². The summed E-state index contributed by atoms with van der Waals surface area (Å²) in [6.45, 7) is 0. The number of amides is 1. The molecule has 1 heterocycles. The number of rotatable bonds is 0. The van der Waals surface area contributed by atoms with Crippen LogP contribution in [0.25, 0.3) is 0 Å². The largest absolute Gasteiger partial charge is 0.508 e. The van der Waals surface area contributed by atoms with Crippen LogP contribution in [0.15, 0.2) is 18.2 Å². The Morgan fingerprint density at radius 3 is 3.00 bits per heavy atom. The minimum atomic E-state index is 0.0793. The first-order valence-corrected chi connectivity index (χ1v) is 3.77.